The predicted molar refractivity (Wildman–Crippen MR) is 73.9 cm³/mol. The molecule has 0 amide bonds. The largest absolute Gasteiger partial charge is 0.495 e. The van der Waals surface area contributed by atoms with Gasteiger partial charge in [-0.25, -0.2) is 13.2 Å². The van der Waals surface area contributed by atoms with Gasteiger partial charge in [-0.3, -0.25) is 0 Å². The Morgan fingerprint density at radius 1 is 1.48 bits per heavy atom. The molecule has 0 radical (unpaired) electrons. The number of hydrogen-bond acceptors (Lipinski definition) is 5. The second-order valence-corrected chi connectivity index (χ2v) is 7.22. The van der Waals surface area contributed by atoms with Crippen LogP contribution in [-0.4, -0.2) is 32.4 Å². The lowest BCUT2D eigenvalue weighted by Crippen LogP contribution is -2.18. The Labute approximate surface area is 122 Å². The fraction of sp³-hybridized carbons (Fsp3) is 0.429. The Morgan fingerprint density at radius 2 is 2.14 bits per heavy atom. The lowest BCUT2D eigenvalue weighted by atomic mass is 10.1. The number of nitriles is 1. The zero-order valence-corrected chi connectivity index (χ0v) is 12.3. The molecule has 112 valence electrons. The molecule has 0 aromatic heterocycles. The summed E-state index contributed by atoms with van der Waals surface area (Å²) in [5, 5.41) is 17.8. The van der Waals surface area contributed by atoms with Gasteiger partial charge in [0.05, 0.1) is 24.5 Å². The monoisotopic (exact) mass is 309 g/mol. The normalized spacial score (nSPS) is 16.0. The van der Waals surface area contributed by atoms with E-state index in [9.17, 15) is 13.2 Å². The molecule has 2 rings (SSSR count). The number of carbonyl (C=O) groups is 1. The van der Waals surface area contributed by atoms with Crippen LogP contribution in [0.2, 0.25) is 0 Å². The summed E-state index contributed by atoms with van der Waals surface area (Å²) in [7, 11) is -2.39. The number of rotatable bonds is 6. The van der Waals surface area contributed by atoms with E-state index in [4.69, 9.17) is 15.1 Å². The van der Waals surface area contributed by atoms with Crippen molar-refractivity contribution >= 4 is 15.8 Å². The van der Waals surface area contributed by atoms with Gasteiger partial charge in [0.2, 0.25) is 0 Å². The summed E-state index contributed by atoms with van der Waals surface area (Å²) >= 11 is 0. The number of carboxylic acids is 1. The zero-order valence-electron chi connectivity index (χ0n) is 11.5. The topological polar surface area (TPSA) is 104 Å². The molecule has 0 heterocycles. The van der Waals surface area contributed by atoms with Crippen LogP contribution >= 0.6 is 0 Å². The van der Waals surface area contributed by atoms with Gasteiger partial charge in [0.1, 0.15) is 10.6 Å². The van der Waals surface area contributed by atoms with Crippen molar-refractivity contribution < 1.29 is 23.1 Å². The highest BCUT2D eigenvalue weighted by molar-refractivity contribution is 7.91. The van der Waals surface area contributed by atoms with Crippen LogP contribution in [0.15, 0.2) is 23.1 Å². The molecule has 0 atom stereocenters. The molecule has 1 fully saturated rings. The Hall–Kier alpha value is -2.07. The summed E-state index contributed by atoms with van der Waals surface area (Å²) in [6, 6.07) is 5.75. The first-order valence-electron chi connectivity index (χ1n) is 6.35. The quantitative estimate of drug-likeness (QED) is 0.860. The molecule has 0 bridgehead atoms. The molecule has 7 heteroatoms. The van der Waals surface area contributed by atoms with Gasteiger partial charge in [-0.1, -0.05) is 0 Å². The highest BCUT2D eigenvalue weighted by Crippen LogP contribution is 2.50. The maximum Gasteiger partial charge on any atom is 0.335 e. The molecule has 1 aliphatic carbocycles. The molecule has 0 spiro atoms. The van der Waals surface area contributed by atoms with Crippen LogP contribution in [0.25, 0.3) is 0 Å². The molecule has 1 saturated carbocycles. The van der Waals surface area contributed by atoms with Crippen molar-refractivity contribution in [2.45, 2.75) is 24.2 Å². The summed E-state index contributed by atoms with van der Waals surface area (Å²) < 4.78 is 30.1. The second-order valence-electron chi connectivity index (χ2n) is 5.26. The van der Waals surface area contributed by atoms with E-state index in [2.05, 4.69) is 0 Å². The minimum Gasteiger partial charge on any atom is -0.495 e. The standard InChI is InChI=1S/C14H15NO5S/c1-20-11-3-2-10(13(16)17)8-12(11)21(18,19)9-14(4-5-14)6-7-15/h2-3,8H,4-6,9H2,1H3,(H,16,17). The summed E-state index contributed by atoms with van der Waals surface area (Å²) in [6.07, 6.45) is 1.58. The maximum atomic E-state index is 12.5. The first-order valence-corrected chi connectivity index (χ1v) is 8.00. The Balaban J connectivity index is 2.41. The fourth-order valence-electron chi connectivity index (χ4n) is 2.25. The van der Waals surface area contributed by atoms with E-state index in [-0.39, 0.29) is 28.4 Å². The number of hydrogen-bond donors (Lipinski definition) is 1. The van der Waals surface area contributed by atoms with Crippen LogP contribution in [0.3, 0.4) is 0 Å². The first kappa shape index (κ1) is 15.3. The molecule has 0 saturated heterocycles. The summed E-state index contributed by atoms with van der Waals surface area (Å²) in [4.78, 5) is 10.9. The van der Waals surface area contributed by atoms with Crippen LogP contribution in [-0.2, 0) is 9.84 Å². The second kappa shape index (κ2) is 5.37. The molecular weight excluding hydrogens is 294 g/mol. The van der Waals surface area contributed by atoms with Crippen molar-refractivity contribution in [1.29, 1.82) is 5.26 Å². The number of benzene rings is 1. The number of carboxylic acid groups (broad SMARTS) is 1. The lowest BCUT2D eigenvalue weighted by molar-refractivity contribution is 0.0696. The van der Waals surface area contributed by atoms with Gasteiger partial charge in [-0.05, 0) is 36.5 Å². The van der Waals surface area contributed by atoms with E-state index in [1.807, 2.05) is 6.07 Å². The Kier molecular flexibility index (Phi) is 3.92. The highest BCUT2D eigenvalue weighted by atomic mass is 32.2. The number of ether oxygens (including phenoxy) is 1. The molecule has 0 aliphatic heterocycles. The van der Waals surface area contributed by atoms with E-state index < -0.39 is 21.2 Å². The van der Waals surface area contributed by atoms with Crippen molar-refractivity contribution in [2.75, 3.05) is 12.9 Å². The van der Waals surface area contributed by atoms with E-state index >= 15 is 0 Å². The van der Waals surface area contributed by atoms with Crippen LogP contribution in [0.1, 0.15) is 29.6 Å². The molecule has 1 aromatic carbocycles. The van der Waals surface area contributed by atoms with Crippen LogP contribution in [0.4, 0.5) is 0 Å². The average Bonchev–Trinajstić information content (AvgIpc) is 3.16. The maximum absolute atomic E-state index is 12.5. The number of methoxy groups -OCH3 is 1. The third-order valence-electron chi connectivity index (χ3n) is 3.65. The molecule has 21 heavy (non-hydrogen) atoms. The third kappa shape index (κ3) is 3.16. The van der Waals surface area contributed by atoms with Crippen molar-refractivity contribution in [3.8, 4) is 11.8 Å². The van der Waals surface area contributed by atoms with Gasteiger partial charge in [-0.15, -0.1) is 0 Å². The van der Waals surface area contributed by atoms with Gasteiger partial charge >= 0.3 is 5.97 Å². The van der Waals surface area contributed by atoms with E-state index in [1.165, 1.54) is 19.2 Å². The van der Waals surface area contributed by atoms with Gasteiger partial charge in [0.15, 0.2) is 9.84 Å². The van der Waals surface area contributed by atoms with Crippen molar-refractivity contribution in [2.24, 2.45) is 5.41 Å². The predicted octanol–water partition coefficient (Wildman–Crippen LogP) is 1.86. The van der Waals surface area contributed by atoms with E-state index in [0.29, 0.717) is 12.8 Å². The smallest absolute Gasteiger partial charge is 0.335 e. The highest BCUT2D eigenvalue weighted by Gasteiger charge is 2.46. The van der Waals surface area contributed by atoms with E-state index in [1.54, 1.807) is 0 Å². The molecule has 1 aliphatic rings. The zero-order chi connectivity index (χ0) is 15.7. The summed E-state index contributed by atoms with van der Waals surface area (Å²) in [5.74, 6) is -1.24. The van der Waals surface area contributed by atoms with Crippen LogP contribution in [0.5, 0.6) is 5.75 Å². The average molecular weight is 309 g/mol. The van der Waals surface area contributed by atoms with Crippen LogP contribution in [0, 0.1) is 16.7 Å². The molecule has 0 unspecified atom stereocenters. The summed E-state index contributed by atoms with van der Waals surface area (Å²) in [5.41, 5.74) is -0.600. The van der Waals surface area contributed by atoms with Gasteiger partial charge in [0.25, 0.3) is 0 Å². The van der Waals surface area contributed by atoms with Crippen molar-refractivity contribution in [3.63, 3.8) is 0 Å². The molecular formula is C14H15NO5S. The Morgan fingerprint density at radius 3 is 2.62 bits per heavy atom. The van der Waals surface area contributed by atoms with Gasteiger partial charge in [0, 0.05) is 6.42 Å². The minimum atomic E-state index is -3.72. The van der Waals surface area contributed by atoms with Crippen molar-refractivity contribution in [1.82, 2.24) is 0 Å². The van der Waals surface area contributed by atoms with Crippen LogP contribution < -0.4 is 4.74 Å². The Bertz CT molecular complexity index is 713. The minimum absolute atomic E-state index is 0.112. The molecule has 1 N–H and O–H groups in total. The SMILES string of the molecule is COc1ccc(C(=O)O)cc1S(=O)(=O)CC1(CC#N)CC1. The fourth-order valence-corrected chi connectivity index (χ4v) is 4.37. The van der Waals surface area contributed by atoms with Gasteiger partial charge in [-0.2, -0.15) is 5.26 Å². The number of sulfone groups is 1. The lowest BCUT2D eigenvalue weighted by Gasteiger charge is -2.14. The van der Waals surface area contributed by atoms with Gasteiger partial charge < -0.3 is 9.84 Å². The van der Waals surface area contributed by atoms with Crippen molar-refractivity contribution in [3.05, 3.63) is 23.8 Å². The number of aromatic carboxylic acids is 1. The summed E-state index contributed by atoms with van der Waals surface area (Å²) in [6.45, 7) is 0. The molecule has 1 aromatic rings. The van der Waals surface area contributed by atoms with E-state index in [0.717, 1.165) is 6.07 Å². The first-order chi connectivity index (χ1) is 9.83. The third-order valence-corrected chi connectivity index (χ3v) is 5.63. The molecule has 6 nitrogen and oxygen atoms in total. The number of nitrogens with zero attached hydrogens (tertiary/aromatic N) is 1.